The molecule has 4 nitrogen and oxygen atoms in total. The molecule has 1 aliphatic rings. The standard InChI is InChI=1S/C17H25NO3/c1-4-20-15-8-10-18(11-9-15)12-16(19)21-17-13(2)6-5-7-14(17)3/h5-7,15H,4,8-12H2,1-3H3. The van der Waals surface area contributed by atoms with E-state index in [4.69, 9.17) is 9.47 Å². The van der Waals surface area contributed by atoms with Gasteiger partial charge in [0.25, 0.3) is 0 Å². The Labute approximate surface area is 127 Å². The summed E-state index contributed by atoms with van der Waals surface area (Å²) in [6, 6.07) is 5.90. The Morgan fingerprint density at radius 1 is 1.24 bits per heavy atom. The van der Waals surface area contributed by atoms with E-state index in [1.54, 1.807) is 0 Å². The number of nitrogens with zero attached hydrogens (tertiary/aromatic N) is 1. The van der Waals surface area contributed by atoms with Crippen LogP contribution < -0.4 is 4.74 Å². The number of carbonyl (C=O) groups is 1. The molecule has 4 heteroatoms. The van der Waals surface area contributed by atoms with Gasteiger partial charge in [-0.2, -0.15) is 0 Å². The molecule has 0 N–H and O–H groups in total. The number of likely N-dealkylation sites (tertiary alicyclic amines) is 1. The SMILES string of the molecule is CCOC1CCN(CC(=O)Oc2c(C)cccc2C)CC1. The van der Waals surface area contributed by atoms with Gasteiger partial charge < -0.3 is 9.47 Å². The summed E-state index contributed by atoms with van der Waals surface area (Å²) in [4.78, 5) is 14.2. The van der Waals surface area contributed by atoms with E-state index in [1.807, 2.05) is 39.0 Å². The fourth-order valence-electron chi connectivity index (χ4n) is 2.76. The Hall–Kier alpha value is -1.39. The molecule has 1 heterocycles. The first-order valence-corrected chi connectivity index (χ1v) is 7.71. The third-order valence-electron chi connectivity index (χ3n) is 3.91. The van der Waals surface area contributed by atoms with Crippen LogP contribution in [0.25, 0.3) is 0 Å². The molecule has 2 rings (SSSR count). The van der Waals surface area contributed by atoms with Gasteiger partial charge >= 0.3 is 5.97 Å². The largest absolute Gasteiger partial charge is 0.425 e. The average Bonchev–Trinajstić information content (AvgIpc) is 2.45. The fourth-order valence-corrected chi connectivity index (χ4v) is 2.76. The predicted octanol–water partition coefficient (Wildman–Crippen LogP) is 2.71. The van der Waals surface area contributed by atoms with Gasteiger partial charge in [-0.15, -0.1) is 0 Å². The molecule has 1 saturated heterocycles. The maximum absolute atomic E-state index is 12.1. The van der Waals surface area contributed by atoms with E-state index >= 15 is 0 Å². The zero-order valence-corrected chi connectivity index (χ0v) is 13.2. The van der Waals surface area contributed by atoms with Gasteiger partial charge in [0.15, 0.2) is 0 Å². The second kappa shape index (κ2) is 7.57. The highest BCUT2D eigenvalue weighted by Crippen LogP contribution is 2.22. The van der Waals surface area contributed by atoms with E-state index in [-0.39, 0.29) is 5.97 Å². The average molecular weight is 291 g/mol. The van der Waals surface area contributed by atoms with Gasteiger partial charge in [0, 0.05) is 19.7 Å². The van der Waals surface area contributed by atoms with Crippen molar-refractivity contribution in [3.8, 4) is 5.75 Å². The molecule has 0 aromatic heterocycles. The number of hydrogen-bond acceptors (Lipinski definition) is 4. The molecular formula is C17H25NO3. The van der Waals surface area contributed by atoms with Crippen molar-refractivity contribution in [3.63, 3.8) is 0 Å². The highest BCUT2D eigenvalue weighted by atomic mass is 16.5. The summed E-state index contributed by atoms with van der Waals surface area (Å²) in [7, 11) is 0. The molecule has 0 spiro atoms. The summed E-state index contributed by atoms with van der Waals surface area (Å²) in [6.45, 7) is 8.85. The predicted molar refractivity (Wildman–Crippen MR) is 82.6 cm³/mol. The van der Waals surface area contributed by atoms with Gasteiger partial charge in [-0.25, -0.2) is 0 Å². The summed E-state index contributed by atoms with van der Waals surface area (Å²) in [5, 5.41) is 0. The maximum Gasteiger partial charge on any atom is 0.325 e. The van der Waals surface area contributed by atoms with E-state index in [2.05, 4.69) is 4.90 Å². The van der Waals surface area contributed by atoms with Gasteiger partial charge in [-0.1, -0.05) is 18.2 Å². The summed E-state index contributed by atoms with van der Waals surface area (Å²) in [6.07, 6.45) is 2.33. The van der Waals surface area contributed by atoms with E-state index in [1.165, 1.54) is 0 Å². The van der Waals surface area contributed by atoms with E-state index in [9.17, 15) is 4.79 Å². The number of benzene rings is 1. The zero-order chi connectivity index (χ0) is 15.2. The van der Waals surface area contributed by atoms with E-state index in [0.29, 0.717) is 18.4 Å². The van der Waals surface area contributed by atoms with Gasteiger partial charge in [0.1, 0.15) is 5.75 Å². The van der Waals surface area contributed by atoms with Crippen LogP contribution in [0, 0.1) is 13.8 Å². The molecule has 116 valence electrons. The fraction of sp³-hybridized carbons (Fsp3) is 0.588. The monoisotopic (exact) mass is 291 g/mol. The van der Waals surface area contributed by atoms with Crippen LogP contribution in [0.5, 0.6) is 5.75 Å². The molecule has 1 aromatic carbocycles. The molecule has 1 aromatic rings. The highest BCUT2D eigenvalue weighted by Gasteiger charge is 2.22. The lowest BCUT2D eigenvalue weighted by Gasteiger charge is -2.30. The molecule has 0 amide bonds. The third kappa shape index (κ3) is 4.55. The third-order valence-corrected chi connectivity index (χ3v) is 3.91. The van der Waals surface area contributed by atoms with Crippen molar-refractivity contribution in [2.75, 3.05) is 26.2 Å². The van der Waals surface area contributed by atoms with E-state index in [0.717, 1.165) is 43.7 Å². The lowest BCUT2D eigenvalue weighted by Crippen LogP contribution is -2.41. The van der Waals surface area contributed by atoms with Gasteiger partial charge in [0.2, 0.25) is 0 Å². The molecule has 0 radical (unpaired) electrons. The molecule has 0 aliphatic carbocycles. The first-order chi connectivity index (χ1) is 10.1. The zero-order valence-electron chi connectivity index (χ0n) is 13.2. The Morgan fingerprint density at radius 3 is 2.43 bits per heavy atom. The van der Waals surface area contributed by atoms with Crippen molar-refractivity contribution in [3.05, 3.63) is 29.3 Å². The minimum atomic E-state index is -0.178. The summed E-state index contributed by atoms with van der Waals surface area (Å²) in [5.74, 6) is 0.522. The van der Waals surface area contributed by atoms with Crippen LogP contribution in [-0.4, -0.2) is 43.2 Å². The number of rotatable bonds is 5. The Bertz CT molecular complexity index is 459. The Balaban J connectivity index is 1.83. The number of piperidine rings is 1. The summed E-state index contributed by atoms with van der Waals surface area (Å²) >= 11 is 0. The number of hydrogen-bond donors (Lipinski definition) is 0. The van der Waals surface area contributed by atoms with Crippen LogP contribution in [0.4, 0.5) is 0 Å². The maximum atomic E-state index is 12.1. The van der Waals surface area contributed by atoms with Crippen LogP contribution >= 0.6 is 0 Å². The molecular weight excluding hydrogens is 266 g/mol. The van der Waals surface area contributed by atoms with Crippen LogP contribution in [0.15, 0.2) is 18.2 Å². The van der Waals surface area contributed by atoms with Gasteiger partial charge in [-0.05, 0) is 44.7 Å². The first-order valence-electron chi connectivity index (χ1n) is 7.71. The number of carbonyl (C=O) groups excluding carboxylic acids is 1. The molecule has 1 aliphatic heterocycles. The molecule has 0 bridgehead atoms. The smallest absolute Gasteiger partial charge is 0.325 e. The molecule has 21 heavy (non-hydrogen) atoms. The van der Waals surface area contributed by atoms with Crippen LogP contribution in [-0.2, 0) is 9.53 Å². The van der Waals surface area contributed by atoms with Crippen molar-refractivity contribution in [2.24, 2.45) is 0 Å². The molecule has 0 saturated carbocycles. The number of para-hydroxylation sites is 1. The topological polar surface area (TPSA) is 38.8 Å². The quantitative estimate of drug-likeness (QED) is 0.617. The van der Waals surface area contributed by atoms with Crippen molar-refractivity contribution in [1.29, 1.82) is 0 Å². The molecule has 1 fully saturated rings. The van der Waals surface area contributed by atoms with E-state index < -0.39 is 0 Å². The normalized spacial score (nSPS) is 16.9. The van der Waals surface area contributed by atoms with Crippen LogP contribution in [0.1, 0.15) is 30.9 Å². The van der Waals surface area contributed by atoms with Crippen molar-refractivity contribution in [2.45, 2.75) is 39.7 Å². The number of esters is 1. The van der Waals surface area contributed by atoms with Crippen molar-refractivity contribution >= 4 is 5.97 Å². The minimum absolute atomic E-state index is 0.178. The van der Waals surface area contributed by atoms with Gasteiger partial charge in [0.05, 0.1) is 12.6 Å². The van der Waals surface area contributed by atoms with Crippen LogP contribution in [0.2, 0.25) is 0 Å². The first kappa shape index (κ1) is 16.0. The lowest BCUT2D eigenvalue weighted by atomic mass is 10.1. The van der Waals surface area contributed by atoms with Crippen molar-refractivity contribution in [1.82, 2.24) is 4.90 Å². The minimum Gasteiger partial charge on any atom is -0.425 e. The highest BCUT2D eigenvalue weighted by molar-refractivity contribution is 5.75. The summed E-state index contributed by atoms with van der Waals surface area (Å²) < 4.78 is 11.2. The lowest BCUT2D eigenvalue weighted by molar-refractivity contribution is -0.136. The second-order valence-corrected chi connectivity index (χ2v) is 5.63. The number of ether oxygens (including phenoxy) is 2. The van der Waals surface area contributed by atoms with Crippen molar-refractivity contribution < 1.29 is 14.3 Å². The Kier molecular flexibility index (Phi) is 5.76. The molecule has 0 atom stereocenters. The van der Waals surface area contributed by atoms with Crippen LogP contribution in [0.3, 0.4) is 0 Å². The van der Waals surface area contributed by atoms with Gasteiger partial charge in [-0.3, -0.25) is 9.69 Å². The molecule has 0 unspecified atom stereocenters. The number of aryl methyl sites for hydroxylation is 2. The Morgan fingerprint density at radius 2 is 1.86 bits per heavy atom. The second-order valence-electron chi connectivity index (χ2n) is 5.63. The summed E-state index contributed by atoms with van der Waals surface area (Å²) in [5.41, 5.74) is 2.00.